The number of ether oxygens (including phenoxy) is 1. The molecule has 24 heavy (non-hydrogen) atoms. The second-order valence-electron chi connectivity index (χ2n) is 5.02. The number of thioether (sulfide) groups is 1. The third-order valence-electron chi connectivity index (χ3n) is 3.25. The molecule has 1 amide bonds. The van der Waals surface area contributed by atoms with Crippen molar-refractivity contribution in [1.82, 2.24) is 0 Å². The number of para-hydroxylation sites is 1. The first-order valence-electron chi connectivity index (χ1n) is 7.16. The summed E-state index contributed by atoms with van der Waals surface area (Å²) in [5, 5.41) is 0. The lowest BCUT2D eigenvalue weighted by Gasteiger charge is -2.13. The number of amides is 1. The summed E-state index contributed by atoms with van der Waals surface area (Å²) in [5.74, 6) is -0.0387. The minimum atomic E-state index is -0.369. The van der Waals surface area contributed by atoms with Gasteiger partial charge in [-0.3, -0.25) is 14.5 Å². The zero-order valence-electron chi connectivity index (χ0n) is 12.8. The minimum absolute atomic E-state index is 0.139. The van der Waals surface area contributed by atoms with E-state index < -0.39 is 0 Å². The molecule has 120 valence electrons. The van der Waals surface area contributed by atoms with E-state index in [-0.39, 0.29) is 11.9 Å². The van der Waals surface area contributed by atoms with Gasteiger partial charge in [0.2, 0.25) is 0 Å². The molecule has 4 nitrogen and oxygen atoms in total. The molecule has 1 aliphatic rings. The first-order valence-corrected chi connectivity index (χ1v) is 8.38. The molecular formula is C18H13NO3S2. The van der Waals surface area contributed by atoms with Gasteiger partial charge in [-0.25, -0.2) is 0 Å². The number of benzene rings is 2. The van der Waals surface area contributed by atoms with Crippen LogP contribution in [-0.4, -0.2) is 16.2 Å². The van der Waals surface area contributed by atoms with Crippen LogP contribution in [-0.2, 0) is 9.59 Å². The van der Waals surface area contributed by atoms with Crippen molar-refractivity contribution in [3.8, 4) is 5.75 Å². The maximum absolute atomic E-state index is 12.6. The lowest BCUT2D eigenvalue weighted by Crippen LogP contribution is -2.27. The lowest BCUT2D eigenvalue weighted by atomic mass is 10.2. The molecule has 3 rings (SSSR count). The Morgan fingerprint density at radius 2 is 1.79 bits per heavy atom. The number of hydrogen-bond donors (Lipinski definition) is 0. The quantitative estimate of drug-likeness (QED) is 0.360. The molecule has 6 heteroatoms. The maximum atomic E-state index is 12.6. The normalized spacial score (nSPS) is 15.9. The second kappa shape index (κ2) is 6.98. The Balaban J connectivity index is 1.82. The fraction of sp³-hybridized carbons (Fsp3) is 0.0556. The van der Waals surface area contributed by atoms with E-state index in [4.69, 9.17) is 17.0 Å². The highest BCUT2D eigenvalue weighted by molar-refractivity contribution is 8.27. The van der Waals surface area contributed by atoms with Gasteiger partial charge in [0.05, 0.1) is 10.6 Å². The van der Waals surface area contributed by atoms with Gasteiger partial charge in [0, 0.05) is 6.92 Å². The zero-order chi connectivity index (χ0) is 17.1. The van der Waals surface area contributed by atoms with E-state index in [0.717, 1.165) is 11.3 Å². The summed E-state index contributed by atoms with van der Waals surface area (Å²) in [5.41, 5.74) is 1.59. The molecule has 0 saturated carbocycles. The van der Waals surface area contributed by atoms with Crippen LogP contribution >= 0.6 is 24.0 Å². The maximum Gasteiger partial charge on any atom is 0.308 e. The van der Waals surface area contributed by atoms with E-state index >= 15 is 0 Å². The minimum Gasteiger partial charge on any atom is -0.427 e. The molecule has 1 saturated heterocycles. The highest BCUT2D eigenvalue weighted by Crippen LogP contribution is 2.35. The van der Waals surface area contributed by atoms with E-state index in [1.807, 2.05) is 30.3 Å². The summed E-state index contributed by atoms with van der Waals surface area (Å²) in [6, 6.07) is 16.3. The van der Waals surface area contributed by atoms with Crippen LogP contribution in [0, 0.1) is 0 Å². The number of anilines is 1. The largest absolute Gasteiger partial charge is 0.427 e. The number of nitrogens with zero attached hydrogens (tertiary/aromatic N) is 1. The Kier molecular flexibility index (Phi) is 4.78. The SMILES string of the molecule is CC(=O)Oc1ccc(/C=C2\SC(=S)N(c3ccccc3)C2=O)cc1. The number of rotatable bonds is 3. The van der Waals surface area contributed by atoms with Gasteiger partial charge in [-0.15, -0.1) is 0 Å². The molecule has 2 aromatic carbocycles. The van der Waals surface area contributed by atoms with Gasteiger partial charge in [0.1, 0.15) is 5.75 Å². The smallest absolute Gasteiger partial charge is 0.308 e. The topological polar surface area (TPSA) is 46.6 Å². The highest BCUT2D eigenvalue weighted by atomic mass is 32.2. The van der Waals surface area contributed by atoms with Crippen molar-refractivity contribution < 1.29 is 14.3 Å². The van der Waals surface area contributed by atoms with Crippen molar-refractivity contribution in [3.05, 3.63) is 65.1 Å². The predicted octanol–water partition coefficient (Wildman–Crippen LogP) is 4.02. The molecule has 0 spiro atoms. The Morgan fingerprint density at radius 3 is 2.42 bits per heavy atom. The Bertz CT molecular complexity index is 829. The lowest BCUT2D eigenvalue weighted by molar-refractivity contribution is -0.131. The third-order valence-corrected chi connectivity index (χ3v) is 4.55. The molecule has 0 aliphatic carbocycles. The van der Waals surface area contributed by atoms with Gasteiger partial charge in [0.25, 0.3) is 5.91 Å². The Morgan fingerprint density at radius 1 is 1.12 bits per heavy atom. The fourth-order valence-corrected chi connectivity index (χ4v) is 3.52. The van der Waals surface area contributed by atoms with Crippen LogP contribution in [0.15, 0.2) is 59.5 Å². The van der Waals surface area contributed by atoms with Crippen LogP contribution in [0.4, 0.5) is 5.69 Å². The summed E-state index contributed by atoms with van der Waals surface area (Å²) >= 11 is 6.60. The molecule has 0 N–H and O–H groups in total. The van der Waals surface area contributed by atoms with Gasteiger partial charge < -0.3 is 4.74 Å². The second-order valence-corrected chi connectivity index (χ2v) is 6.69. The summed E-state index contributed by atoms with van der Waals surface area (Å²) in [7, 11) is 0. The van der Waals surface area contributed by atoms with Gasteiger partial charge in [-0.05, 0) is 35.9 Å². The number of carbonyl (C=O) groups is 2. The van der Waals surface area contributed by atoms with Crippen LogP contribution < -0.4 is 9.64 Å². The van der Waals surface area contributed by atoms with Crippen molar-refractivity contribution >= 4 is 51.9 Å². The Labute approximate surface area is 149 Å². The first-order chi connectivity index (χ1) is 11.5. The summed E-state index contributed by atoms with van der Waals surface area (Å²) in [6.07, 6.45) is 1.78. The van der Waals surface area contributed by atoms with Crippen LogP contribution in [0.5, 0.6) is 5.75 Å². The predicted molar refractivity (Wildman–Crippen MR) is 99.8 cm³/mol. The van der Waals surface area contributed by atoms with Crippen LogP contribution in [0.1, 0.15) is 12.5 Å². The molecule has 0 aromatic heterocycles. The molecule has 2 aromatic rings. The summed E-state index contributed by atoms with van der Waals surface area (Å²) in [6.45, 7) is 1.35. The van der Waals surface area contributed by atoms with E-state index in [1.165, 1.54) is 23.6 Å². The van der Waals surface area contributed by atoms with E-state index in [2.05, 4.69) is 0 Å². The monoisotopic (exact) mass is 355 g/mol. The highest BCUT2D eigenvalue weighted by Gasteiger charge is 2.33. The molecular weight excluding hydrogens is 342 g/mol. The summed E-state index contributed by atoms with van der Waals surface area (Å²) < 4.78 is 5.50. The van der Waals surface area contributed by atoms with Crippen LogP contribution in [0.3, 0.4) is 0 Å². The molecule has 0 bridgehead atoms. The van der Waals surface area contributed by atoms with Gasteiger partial charge in [0.15, 0.2) is 4.32 Å². The van der Waals surface area contributed by atoms with Crippen molar-refractivity contribution in [2.45, 2.75) is 6.92 Å². The van der Waals surface area contributed by atoms with Gasteiger partial charge >= 0.3 is 5.97 Å². The third kappa shape index (κ3) is 3.55. The molecule has 1 fully saturated rings. The molecule has 1 aliphatic heterocycles. The van der Waals surface area contributed by atoms with Crippen molar-refractivity contribution in [2.24, 2.45) is 0 Å². The van der Waals surface area contributed by atoms with E-state index in [0.29, 0.717) is 15.0 Å². The van der Waals surface area contributed by atoms with Gasteiger partial charge in [-0.2, -0.15) is 0 Å². The van der Waals surface area contributed by atoms with Crippen molar-refractivity contribution in [2.75, 3.05) is 4.90 Å². The van der Waals surface area contributed by atoms with E-state index in [1.54, 1.807) is 30.3 Å². The Hall–Kier alpha value is -2.44. The van der Waals surface area contributed by atoms with Crippen LogP contribution in [0.25, 0.3) is 6.08 Å². The molecule has 0 atom stereocenters. The van der Waals surface area contributed by atoms with Crippen LogP contribution in [0.2, 0.25) is 0 Å². The molecule has 1 heterocycles. The van der Waals surface area contributed by atoms with Crippen molar-refractivity contribution in [3.63, 3.8) is 0 Å². The average Bonchev–Trinajstić information content (AvgIpc) is 2.83. The number of carbonyl (C=O) groups excluding carboxylic acids is 2. The standard InChI is InChI=1S/C18H13NO3S2/c1-12(20)22-15-9-7-13(8-10-15)11-16-17(21)19(18(23)24-16)14-5-3-2-4-6-14/h2-11H,1H3/b16-11-. The summed E-state index contributed by atoms with van der Waals surface area (Å²) in [4.78, 5) is 25.6. The molecule has 0 radical (unpaired) electrons. The average molecular weight is 355 g/mol. The number of hydrogen-bond acceptors (Lipinski definition) is 5. The van der Waals surface area contributed by atoms with E-state index in [9.17, 15) is 9.59 Å². The fourth-order valence-electron chi connectivity index (χ4n) is 2.22. The molecule has 0 unspecified atom stereocenters. The van der Waals surface area contributed by atoms with Gasteiger partial charge in [-0.1, -0.05) is 54.3 Å². The zero-order valence-corrected chi connectivity index (χ0v) is 14.4. The number of thiocarbonyl (C=S) groups is 1. The first kappa shape index (κ1) is 16.4. The van der Waals surface area contributed by atoms with Crippen molar-refractivity contribution in [1.29, 1.82) is 0 Å². The number of esters is 1.